The predicted molar refractivity (Wildman–Crippen MR) is 115 cm³/mol. The molecular weight excluding hydrogens is 399 g/mol. The molecule has 1 atom stereocenters. The molecule has 0 saturated heterocycles. The lowest BCUT2D eigenvalue weighted by Gasteiger charge is -2.25. The van der Waals surface area contributed by atoms with Crippen molar-refractivity contribution in [3.63, 3.8) is 0 Å². The molecule has 0 radical (unpaired) electrons. The van der Waals surface area contributed by atoms with Gasteiger partial charge >= 0.3 is 0 Å². The zero-order valence-corrected chi connectivity index (χ0v) is 18.0. The van der Waals surface area contributed by atoms with Gasteiger partial charge in [-0.1, -0.05) is 17.3 Å². The van der Waals surface area contributed by atoms with E-state index in [1.165, 1.54) is 12.1 Å². The molecule has 2 aromatic carbocycles. The third-order valence-corrected chi connectivity index (χ3v) is 4.83. The van der Waals surface area contributed by atoms with Crippen LogP contribution in [0.25, 0.3) is 11.4 Å². The van der Waals surface area contributed by atoms with Crippen LogP contribution in [0.15, 0.2) is 53.1 Å². The van der Waals surface area contributed by atoms with E-state index < -0.39 is 0 Å². The van der Waals surface area contributed by atoms with E-state index in [4.69, 9.17) is 9.26 Å². The molecule has 1 amide bonds. The Balaban J connectivity index is 1.50. The van der Waals surface area contributed by atoms with Crippen molar-refractivity contribution in [2.75, 3.05) is 27.2 Å². The highest BCUT2D eigenvalue weighted by Crippen LogP contribution is 2.21. The van der Waals surface area contributed by atoms with Crippen LogP contribution in [0.1, 0.15) is 30.8 Å². The molecular formula is C23H27FN4O3. The quantitative estimate of drug-likeness (QED) is 0.533. The first-order chi connectivity index (χ1) is 15.0. The van der Waals surface area contributed by atoms with E-state index in [2.05, 4.69) is 15.5 Å². The van der Waals surface area contributed by atoms with Crippen molar-refractivity contribution in [3.05, 3.63) is 65.8 Å². The highest BCUT2D eigenvalue weighted by molar-refractivity contribution is 5.76. The first kappa shape index (κ1) is 22.4. The van der Waals surface area contributed by atoms with Crippen LogP contribution in [0.3, 0.4) is 0 Å². The summed E-state index contributed by atoms with van der Waals surface area (Å²) in [4.78, 5) is 18.7. The molecule has 0 bridgehead atoms. The second-order valence-electron chi connectivity index (χ2n) is 7.30. The summed E-state index contributed by atoms with van der Waals surface area (Å²) in [5.41, 5.74) is 1.75. The van der Waals surface area contributed by atoms with Crippen molar-refractivity contribution in [1.82, 2.24) is 20.4 Å². The number of hydrogen-bond acceptors (Lipinski definition) is 6. The maximum atomic E-state index is 13.2. The summed E-state index contributed by atoms with van der Waals surface area (Å²) in [5, 5.41) is 6.91. The maximum Gasteiger partial charge on any atom is 0.227 e. The molecule has 0 spiro atoms. The Morgan fingerprint density at radius 2 is 1.87 bits per heavy atom. The summed E-state index contributed by atoms with van der Waals surface area (Å²) < 4.78 is 23.9. The van der Waals surface area contributed by atoms with Gasteiger partial charge in [0, 0.05) is 24.9 Å². The van der Waals surface area contributed by atoms with Gasteiger partial charge in [-0.25, -0.2) is 4.39 Å². The molecule has 1 heterocycles. The summed E-state index contributed by atoms with van der Waals surface area (Å²) in [7, 11) is 3.84. The number of benzene rings is 2. The van der Waals surface area contributed by atoms with Gasteiger partial charge in [0.05, 0.1) is 12.6 Å². The molecule has 0 aliphatic heterocycles. The van der Waals surface area contributed by atoms with Gasteiger partial charge < -0.3 is 19.5 Å². The second-order valence-corrected chi connectivity index (χ2v) is 7.30. The standard InChI is InChI=1S/C23H27FN4O3/c1-4-30-19-11-7-17(8-12-19)23-26-22(31-27-23)14-13-21(29)25-15-20(28(2)3)16-5-9-18(24)10-6-16/h5-12,20H,4,13-15H2,1-3H3,(H,25,29). The molecule has 164 valence electrons. The molecule has 0 fully saturated rings. The Hall–Kier alpha value is -3.26. The average Bonchev–Trinajstić information content (AvgIpc) is 3.23. The van der Waals surface area contributed by atoms with E-state index >= 15 is 0 Å². The molecule has 1 N–H and O–H groups in total. The lowest BCUT2D eigenvalue weighted by Crippen LogP contribution is -2.34. The Kier molecular flexibility index (Phi) is 7.72. The maximum absolute atomic E-state index is 13.2. The molecule has 3 aromatic rings. The van der Waals surface area contributed by atoms with Crippen LogP contribution >= 0.6 is 0 Å². The van der Waals surface area contributed by atoms with Gasteiger partial charge in [-0.3, -0.25) is 4.79 Å². The van der Waals surface area contributed by atoms with E-state index in [1.54, 1.807) is 12.1 Å². The fourth-order valence-electron chi connectivity index (χ4n) is 3.14. The van der Waals surface area contributed by atoms with Gasteiger partial charge in [0.1, 0.15) is 11.6 Å². The number of hydrogen-bond donors (Lipinski definition) is 1. The van der Waals surface area contributed by atoms with E-state index in [9.17, 15) is 9.18 Å². The largest absolute Gasteiger partial charge is 0.494 e. The van der Waals surface area contributed by atoms with Crippen LogP contribution in [0, 0.1) is 5.82 Å². The number of aromatic nitrogens is 2. The van der Waals surface area contributed by atoms with Crippen molar-refractivity contribution < 1.29 is 18.4 Å². The molecule has 8 heteroatoms. The first-order valence-electron chi connectivity index (χ1n) is 10.2. The van der Waals surface area contributed by atoms with Crippen LogP contribution < -0.4 is 10.1 Å². The fourth-order valence-corrected chi connectivity index (χ4v) is 3.14. The highest BCUT2D eigenvalue weighted by atomic mass is 19.1. The van der Waals surface area contributed by atoms with Crippen LogP contribution in [-0.4, -0.2) is 48.2 Å². The molecule has 7 nitrogen and oxygen atoms in total. The topological polar surface area (TPSA) is 80.5 Å². The minimum atomic E-state index is -0.283. The zero-order valence-electron chi connectivity index (χ0n) is 18.0. The number of amides is 1. The van der Waals surface area contributed by atoms with Crippen molar-refractivity contribution in [2.45, 2.75) is 25.8 Å². The van der Waals surface area contributed by atoms with Gasteiger partial charge in [-0.15, -0.1) is 0 Å². The Bertz CT molecular complexity index is 971. The van der Waals surface area contributed by atoms with E-state index in [0.29, 0.717) is 31.3 Å². The monoisotopic (exact) mass is 426 g/mol. The van der Waals surface area contributed by atoms with Gasteiger partial charge in [0.25, 0.3) is 0 Å². The molecule has 0 aliphatic carbocycles. The Morgan fingerprint density at radius 3 is 2.52 bits per heavy atom. The van der Waals surface area contributed by atoms with E-state index in [0.717, 1.165) is 16.9 Å². The molecule has 31 heavy (non-hydrogen) atoms. The summed E-state index contributed by atoms with van der Waals surface area (Å²) in [6, 6.07) is 13.7. The van der Waals surface area contributed by atoms with Gasteiger partial charge in [-0.2, -0.15) is 4.98 Å². The smallest absolute Gasteiger partial charge is 0.227 e. The summed E-state index contributed by atoms with van der Waals surface area (Å²) in [5.74, 6) is 1.26. The molecule has 1 aromatic heterocycles. The number of halogens is 1. The lowest BCUT2D eigenvalue weighted by atomic mass is 10.1. The Morgan fingerprint density at radius 1 is 1.16 bits per heavy atom. The van der Waals surface area contributed by atoms with Gasteiger partial charge in [0.2, 0.25) is 17.6 Å². The third kappa shape index (κ3) is 6.36. The van der Waals surface area contributed by atoms with Crippen molar-refractivity contribution in [1.29, 1.82) is 0 Å². The minimum Gasteiger partial charge on any atom is -0.494 e. The van der Waals surface area contributed by atoms with Crippen LogP contribution in [0.2, 0.25) is 0 Å². The molecule has 0 saturated carbocycles. The first-order valence-corrected chi connectivity index (χ1v) is 10.2. The van der Waals surface area contributed by atoms with Gasteiger partial charge in [-0.05, 0) is 63.0 Å². The number of carbonyl (C=O) groups is 1. The number of nitrogens with zero attached hydrogens (tertiary/aromatic N) is 3. The van der Waals surface area contributed by atoms with Crippen LogP contribution in [0.4, 0.5) is 4.39 Å². The third-order valence-electron chi connectivity index (χ3n) is 4.83. The molecule has 0 aliphatic rings. The normalized spacial score (nSPS) is 12.0. The summed E-state index contributed by atoms with van der Waals surface area (Å²) in [6.07, 6.45) is 0.577. The number of aryl methyl sites for hydroxylation is 1. The minimum absolute atomic E-state index is 0.0563. The van der Waals surface area contributed by atoms with E-state index in [-0.39, 0.29) is 24.2 Å². The number of ether oxygens (including phenoxy) is 1. The second kappa shape index (κ2) is 10.7. The SMILES string of the molecule is CCOc1ccc(-c2noc(CCC(=O)NCC(c3ccc(F)cc3)N(C)C)n2)cc1. The molecule has 3 rings (SSSR count). The molecule has 1 unspecified atom stereocenters. The zero-order chi connectivity index (χ0) is 22.2. The number of rotatable bonds is 10. The average molecular weight is 426 g/mol. The summed E-state index contributed by atoms with van der Waals surface area (Å²) in [6.45, 7) is 2.95. The number of carbonyl (C=O) groups excluding carboxylic acids is 1. The Labute approximate surface area is 181 Å². The lowest BCUT2D eigenvalue weighted by molar-refractivity contribution is -0.121. The number of likely N-dealkylation sites (N-methyl/N-ethyl adjacent to an activating group) is 1. The highest BCUT2D eigenvalue weighted by Gasteiger charge is 2.16. The summed E-state index contributed by atoms with van der Waals surface area (Å²) >= 11 is 0. The number of nitrogens with one attached hydrogen (secondary N) is 1. The van der Waals surface area contributed by atoms with Gasteiger partial charge in [0.15, 0.2) is 0 Å². The van der Waals surface area contributed by atoms with Crippen LogP contribution in [-0.2, 0) is 11.2 Å². The van der Waals surface area contributed by atoms with Crippen molar-refractivity contribution >= 4 is 5.91 Å². The van der Waals surface area contributed by atoms with Crippen molar-refractivity contribution in [2.24, 2.45) is 0 Å². The van der Waals surface area contributed by atoms with E-state index in [1.807, 2.05) is 50.2 Å². The van der Waals surface area contributed by atoms with Crippen LogP contribution in [0.5, 0.6) is 5.75 Å². The predicted octanol–water partition coefficient (Wildman–Crippen LogP) is 3.63. The van der Waals surface area contributed by atoms with Crippen molar-refractivity contribution in [3.8, 4) is 17.1 Å². The fraction of sp³-hybridized carbons (Fsp3) is 0.348.